The molecule has 0 N–H and O–H groups in total. The van der Waals surface area contributed by atoms with Crippen molar-refractivity contribution in [1.82, 2.24) is 0 Å². The van der Waals surface area contributed by atoms with Crippen LogP contribution in [0.1, 0.15) is 35.6 Å². The molecule has 1 heterocycles. The Balaban J connectivity index is 2.58. The van der Waals surface area contributed by atoms with Crippen molar-refractivity contribution in [2.24, 2.45) is 0 Å². The molecular weight excluding hydrogens is 172 g/mol. The van der Waals surface area contributed by atoms with Gasteiger partial charge >= 0.3 is 0 Å². The number of aryl methyl sites for hydroxylation is 2. The summed E-state index contributed by atoms with van der Waals surface area (Å²) in [6, 6.07) is 2.28. The normalized spacial score (nSPS) is 14.8. The molecule has 1 aliphatic heterocycles. The first-order valence-corrected chi connectivity index (χ1v) is 5.48. The zero-order valence-electron chi connectivity index (χ0n) is 9.31. The molecule has 1 aromatic rings. The third kappa shape index (κ3) is 1.41. The maximum Gasteiger partial charge on any atom is 0.125 e. The van der Waals surface area contributed by atoms with Gasteiger partial charge in [0.1, 0.15) is 5.75 Å². The monoisotopic (exact) mass is 190 g/mol. The highest BCUT2D eigenvalue weighted by molar-refractivity contribution is 5.50. The second kappa shape index (κ2) is 3.64. The van der Waals surface area contributed by atoms with Crippen molar-refractivity contribution >= 4 is 0 Å². The molecule has 0 aliphatic carbocycles. The molecule has 0 saturated heterocycles. The minimum absolute atomic E-state index is 0.888. The fourth-order valence-electron chi connectivity index (χ4n) is 2.33. The van der Waals surface area contributed by atoms with Gasteiger partial charge in [0, 0.05) is 0 Å². The molecule has 0 spiro atoms. The van der Waals surface area contributed by atoms with Crippen LogP contribution in [0.3, 0.4) is 0 Å². The van der Waals surface area contributed by atoms with Gasteiger partial charge in [-0.1, -0.05) is 13.0 Å². The molecule has 0 fully saturated rings. The second-order valence-corrected chi connectivity index (χ2v) is 4.09. The molecule has 2 rings (SSSR count). The van der Waals surface area contributed by atoms with Gasteiger partial charge in [0.25, 0.3) is 0 Å². The lowest BCUT2D eigenvalue weighted by Gasteiger charge is -2.23. The molecule has 1 heteroatoms. The average molecular weight is 190 g/mol. The topological polar surface area (TPSA) is 9.23 Å². The standard InChI is InChI=1S/C13H18O/c1-4-11-8-9(2)13-12(10(11)3)6-5-7-14-13/h8H,4-7H2,1-3H3. The van der Waals surface area contributed by atoms with E-state index < -0.39 is 0 Å². The third-order valence-corrected chi connectivity index (χ3v) is 3.16. The number of fused-ring (bicyclic) bond motifs is 1. The molecule has 1 aliphatic rings. The van der Waals surface area contributed by atoms with Gasteiger partial charge in [-0.15, -0.1) is 0 Å². The van der Waals surface area contributed by atoms with E-state index in [0.29, 0.717) is 0 Å². The van der Waals surface area contributed by atoms with Crippen molar-refractivity contribution in [3.05, 3.63) is 28.3 Å². The van der Waals surface area contributed by atoms with E-state index in [4.69, 9.17) is 4.74 Å². The lowest BCUT2D eigenvalue weighted by atomic mass is 9.92. The molecule has 1 nitrogen and oxygen atoms in total. The van der Waals surface area contributed by atoms with Crippen LogP contribution >= 0.6 is 0 Å². The van der Waals surface area contributed by atoms with Crippen molar-refractivity contribution < 1.29 is 4.74 Å². The van der Waals surface area contributed by atoms with Crippen LogP contribution in [-0.4, -0.2) is 6.61 Å². The first-order chi connectivity index (χ1) is 6.74. The largest absolute Gasteiger partial charge is 0.493 e. The fraction of sp³-hybridized carbons (Fsp3) is 0.538. The highest BCUT2D eigenvalue weighted by Gasteiger charge is 2.16. The van der Waals surface area contributed by atoms with Crippen LogP contribution in [0, 0.1) is 13.8 Å². The Labute approximate surface area is 86.1 Å². The summed E-state index contributed by atoms with van der Waals surface area (Å²) in [5.74, 6) is 1.16. The maximum atomic E-state index is 5.73. The molecule has 0 saturated carbocycles. The number of hydrogen-bond acceptors (Lipinski definition) is 1. The second-order valence-electron chi connectivity index (χ2n) is 4.09. The van der Waals surface area contributed by atoms with Crippen LogP contribution < -0.4 is 4.74 Å². The Hall–Kier alpha value is -0.980. The molecule has 0 atom stereocenters. The highest BCUT2D eigenvalue weighted by Crippen LogP contribution is 2.33. The third-order valence-electron chi connectivity index (χ3n) is 3.16. The maximum absolute atomic E-state index is 5.73. The zero-order valence-corrected chi connectivity index (χ0v) is 9.31. The average Bonchev–Trinajstić information content (AvgIpc) is 2.23. The minimum Gasteiger partial charge on any atom is -0.493 e. The molecule has 0 radical (unpaired) electrons. The van der Waals surface area contributed by atoms with Crippen molar-refractivity contribution in [3.63, 3.8) is 0 Å². The Bertz CT molecular complexity index is 353. The van der Waals surface area contributed by atoms with Crippen LogP contribution in [0.25, 0.3) is 0 Å². The first-order valence-electron chi connectivity index (χ1n) is 5.48. The lowest BCUT2D eigenvalue weighted by Crippen LogP contribution is -2.12. The molecule has 0 amide bonds. The van der Waals surface area contributed by atoms with E-state index in [0.717, 1.165) is 18.8 Å². The van der Waals surface area contributed by atoms with Crippen molar-refractivity contribution in [2.45, 2.75) is 40.0 Å². The van der Waals surface area contributed by atoms with Gasteiger partial charge in [-0.3, -0.25) is 0 Å². The summed E-state index contributed by atoms with van der Waals surface area (Å²) in [6.07, 6.45) is 3.48. The van der Waals surface area contributed by atoms with Gasteiger partial charge in [-0.25, -0.2) is 0 Å². The molecule has 76 valence electrons. The lowest BCUT2D eigenvalue weighted by molar-refractivity contribution is 0.285. The van der Waals surface area contributed by atoms with Crippen LogP contribution in [-0.2, 0) is 12.8 Å². The quantitative estimate of drug-likeness (QED) is 0.661. The minimum atomic E-state index is 0.888. The Kier molecular flexibility index (Phi) is 2.49. The van der Waals surface area contributed by atoms with E-state index in [1.165, 1.54) is 35.1 Å². The van der Waals surface area contributed by atoms with Gasteiger partial charge in [0.2, 0.25) is 0 Å². The highest BCUT2D eigenvalue weighted by atomic mass is 16.5. The van der Waals surface area contributed by atoms with E-state index in [1.54, 1.807) is 0 Å². The predicted octanol–water partition coefficient (Wildman–Crippen LogP) is 3.19. The van der Waals surface area contributed by atoms with Crippen LogP contribution in [0.4, 0.5) is 0 Å². The van der Waals surface area contributed by atoms with Gasteiger partial charge in [-0.2, -0.15) is 0 Å². The fourth-order valence-corrected chi connectivity index (χ4v) is 2.33. The Morgan fingerprint density at radius 2 is 2.14 bits per heavy atom. The van der Waals surface area contributed by atoms with E-state index in [1.807, 2.05) is 0 Å². The van der Waals surface area contributed by atoms with Crippen molar-refractivity contribution in [2.75, 3.05) is 6.61 Å². The van der Waals surface area contributed by atoms with Crippen LogP contribution in [0.5, 0.6) is 5.75 Å². The van der Waals surface area contributed by atoms with E-state index in [9.17, 15) is 0 Å². The number of hydrogen-bond donors (Lipinski definition) is 0. The number of benzene rings is 1. The van der Waals surface area contributed by atoms with Crippen LogP contribution in [0.2, 0.25) is 0 Å². The van der Waals surface area contributed by atoms with Gasteiger partial charge in [0.05, 0.1) is 6.61 Å². The summed E-state index contributed by atoms with van der Waals surface area (Å²) in [6.45, 7) is 7.49. The first kappa shape index (κ1) is 9.57. The smallest absolute Gasteiger partial charge is 0.125 e. The van der Waals surface area contributed by atoms with Crippen LogP contribution in [0.15, 0.2) is 6.07 Å². The summed E-state index contributed by atoms with van der Waals surface area (Å²) in [4.78, 5) is 0. The summed E-state index contributed by atoms with van der Waals surface area (Å²) in [5.41, 5.74) is 5.69. The molecule has 0 aromatic heterocycles. The van der Waals surface area contributed by atoms with E-state index in [2.05, 4.69) is 26.8 Å². The predicted molar refractivity (Wildman–Crippen MR) is 59.1 cm³/mol. The van der Waals surface area contributed by atoms with E-state index >= 15 is 0 Å². The van der Waals surface area contributed by atoms with Gasteiger partial charge in [0.15, 0.2) is 0 Å². The number of rotatable bonds is 1. The Morgan fingerprint density at radius 1 is 1.36 bits per heavy atom. The molecule has 1 aromatic carbocycles. The zero-order chi connectivity index (χ0) is 10.1. The van der Waals surface area contributed by atoms with Gasteiger partial charge < -0.3 is 4.74 Å². The number of ether oxygens (including phenoxy) is 1. The molecule has 0 bridgehead atoms. The molecule has 0 unspecified atom stereocenters. The summed E-state index contributed by atoms with van der Waals surface area (Å²) in [7, 11) is 0. The van der Waals surface area contributed by atoms with Crippen molar-refractivity contribution in [1.29, 1.82) is 0 Å². The van der Waals surface area contributed by atoms with Crippen molar-refractivity contribution in [3.8, 4) is 5.75 Å². The molecule has 14 heavy (non-hydrogen) atoms. The van der Waals surface area contributed by atoms with Gasteiger partial charge in [-0.05, 0) is 55.4 Å². The SMILES string of the molecule is CCc1cc(C)c2c(c1C)CCCO2. The molecular formula is C13H18O. The summed E-state index contributed by atoms with van der Waals surface area (Å²) >= 11 is 0. The van der Waals surface area contributed by atoms with E-state index in [-0.39, 0.29) is 0 Å². The Morgan fingerprint density at radius 3 is 2.86 bits per heavy atom. The summed E-state index contributed by atoms with van der Waals surface area (Å²) < 4.78 is 5.73. The summed E-state index contributed by atoms with van der Waals surface area (Å²) in [5, 5.41) is 0.